The van der Waals surface area contributed by atoms with Gasteiger partial charge in [0, 0.05) is 5.57 Å². The third-order valence-electron chi connectivity index (χ3n) is 3.09. The lowest BCUT2D eigenvalue weighted by molar-refractivity contribution is -0.132. The number of unbranched alkanes of at least 4 members (excludes halogenated alkanes) is 4. The Morgan fingerprint density at radius 1 is 1.00 bits per heavy atom. The molecule has 2 heteroatoms. The molecule has 1 N–H and O–H groups in total. The fourth-order valence-corrected chi connectivity index (χ4v) is 1.95. The highest BCUT2D eigenvalue weighted by molar-refractivity contribution is 5.85. The SMILES string of the molecule is C=C(CCCCCCCc1ccccc1)C(=O)O. The molecule has 18 heavy (non-hydrogen) atoms. The summed E-state index contributed by atoms with van der Waals surface area (Å²) in [7, 11) is 0. The Bertz CT molecular complexity index is 368. The van der Waals surface area contributed by atoms with Crippen molar-refractivity contribution in [1.29, 1.82) is 0 Å². The summed E-state index contributed by atoms with van der Waals surface area (Å²) in [6.45, 7) is 3.53. The summed E-state index contributed by atoms with van der Waals surface area (Å²) < 4.78 is 0. The quantitative estimate of drug-likeness (QED) is 0.523. The highest BCUT2D eigenvalue weighted by atomic mass is 16.4. The Morgan fingerprint density at radius 3 is 2.28 bits per heavy atom. The smallest absolute Gasteiger partial charge is 0.330 e. The van der Waals surface area contributed by atoms with Gasteiger partial charge in [-0.2, -0.15) is 0 Å². The van der Waals surface area contributed by atoms with Crippen molar-refractivity contribution in [1.82, 2.24) is 0 Å². The normalized spacial score (nSPS) is 10.2. The predicted octanol–water partition coefficient (Wildman–Crippen LogP) is 4.21. The van der Waals surface area contributed by atoms with E-state index in [0.717, 1.165) is 19.3 Å². The first kappa shape index (κ1) is 14.5. The van der Waals surface area contributed by atoms with Gasteiger partial charge in [-0.25, -0.2) is 4.79 Å². The monoisotopic (exact) mass is 246 g/mol. The number of carboxylic acids is 1. The third kappa shape index (κ3) is 6.24. The molecule has 1 rings (SSSR count). The molecule has 0 bridgehead atoms. The zero-order valence-electron chi connectivity index (χ0n) is 10.9. The first-order valence-electron chi connectivity index (χ1n) is 6.65. The second-order valence-corrected chi connectivity index (χ2v) is 4.66. The molecule has 0 amide bonds. The second-order valence-electron chi connectivity index (χ2n) is 4.66. The van der Waals surface area contributed by atoms with Crippen molar-refractivity contribution < 1.29 is 9.90 Å². The van der Waals surface area contributed by atoms with Crippen LogP contribution in [0.1, 0.15) is 44.1 Å². The van der Waals surface area contributed by atoms with Crippen LogP contribution < -0.4 is 0 Å². The summed E-state index contributed by atoms with van der Waals surface area (Å²) in [4.78, 5) is 10.5. The van der Waals surface area contributed by atoms with Crippen LogP contribution in [0.5, 0.6) is 0 Å². The highest BCUT2D eigenvalue weighted by Crippen LogP contribution is 2.12. The lowest BCUT2D eigenvalue weighted by Gasteiger charge is -2.02. The molecule has 0 saturated carbocycles. The van der Waals surface area contributed by atoms with E-state index in [4.69, 9.17) is 5.11 Å². The zero-order valence-corrected chi connectivity index (χ0v) is 10.9. The van der Waals surface area contributed by atoms with Crippen LogP contribution in [0, 0.1) is 0 Å². The van der Waals surface area contributed by atoms with Crippen molar-refractivity contribution in [2.24, 2.45) is 0 Å². The lowest BCUT2D eigenvalue weighted by atomic mass is 10.0. The van der Waals surface area contributed by atoms with Crippen molar-refractivity contribution >= 4 is 5.97 Å². The zero-order chi connectivity index (χ0) is 13.2. The van der Waals surface area contributed by atoms with E-state index < -0.39 is 5.97 Å². The van der Waals surface area contributed by atoms with Gasteiger partial charge in [0.2, 0.25) is 0 Å². The number of carbonyl (C=O) groups is 1. The van der Waals surface area contributed by atoms with Gasteiger partial charge in [-0.05, 0) is 31.2 Å². The summed E-state index contributed by atoms with van der Waals surface area (Å²) in [5, 5.41) is 8.65. The van der Waals surface area contributed by atoms with E-state index in [1.165, 1.54) is 24.8 Å². The molecule has 0 aliphatic rings. The second kappa shape index (κ2) is 8.51. The van der Waals surface area contributed by atoms with Crippen LogP contribution in [-0.2, 0) is 11.2 Å². The van der Waals surface area contributed by atoms with E-state index in [2.05, 4.69) is 30.8 Å². The maximum Gasteiger partial charge on any atom is 0.330 e. The van der Waals surface area contributed by atoms with Crippen LogP contribution in [0.25, 0.3) is 0 Å². The first-order chi connectivity index (χ1) is 8.70. The largest absolute Gasteiger partial charge is 0.478 e. The number of aryl methyl sites for hydroxylation is 1. The Kier molecular flexibility index (Phi) is 6.85. The molecule has 0 spiro atoms. The minimum atomic E-state index is -0.862. The highest BCUT2D eigenvalue weighted by Gasteiger charge is 2.02. The van der Waals surface area contributed by atoms with Gasteiger partial charge in [-0.15, -0.1) is 0 Å². The Labute approximate surface area is 109 Å². The van der Waals surface area contributed by atoms with Crippen molar-refractivity contribution in [3.8, 4) is 0 Å². The molecule has 0 unspecified atom stereocenters. The standard InChI is InChI=1S/C16H22O2/c1-14(16(17)18)10-6-3-2-4-7-11-15-12-8-5-9-13-15/h5,8-9,12-13H,1-4,6-7,10-11H2,(H,17,18). The van der Waals surface area contributed by atoms with Gasteiger partial charge >= 0.3 is 5.97 Å². The fourth-order valence-electron chi connectivity index (χ4n) is 1.95. The van der Waals surface area contributed by atoms with Crippen LogP contribution in [0.15, 0.2) is 42.5 Å². The van der Waals surface area contributed by atoms with Crippen molar-refractivity contribution in [3.05, 3.63) is 48.0 Å². The van der Waals surface area contributed by atoms with Gasteiger partial charge in [-0.1, -0.05) is 56.2 Å². The minimum Gasteiger partial charge on any atom is -0.478 e. The molecular formula is C16H22O2. The van der Waals surface area contributed by atoms with Gasteiger partial charge in [-0.3, -0.25) is 0 Å². The minimum absolute atomic E-state index is 0.333. The van der Waals surface area contributed by atoms with Crippen molar-refractivity contribution in [3.63, 3.8) is 0 Å². The number of rotatable bonds is 9. The molecule has 0 aliphatic heterocycles. The maximum atomic E-state index is 10.5. The molecule has 0 heterocycles. The number of aliphatic carboxylic acids is 1. The fraction of sp³-hybridized carbons (Fsp3) is 0.438. The number of benzene rings is 1. The van der Waals surface area contributed by atoms with Gasteiger partial charge < -0.3 is 5.11 Å². The van der Waals surface area contributed by atoms with Crippen LogP contribution in [-0.4, -0.2) is 11.1 Å². The summed E-state index contributed by atoms with van der Waals surface area (Å²) in [6.07, 6.45) is 7.41. The Hall–Kier alpha value is -1.57. The molecule has 0 saturated heterocycles. The molecule has 1 aromatic rings. The predicted molar refractivity (Wildman–Crippen MR) is 74.6 cm³/mol. The van der Waals surface area contributed by atoms with Gasteiger partial charge in [0.25, 0.3) is 0 Å². The number of carboxylic acid groups (broad SMARTS) is 1. The van der Waals surface area contributed by atoms with Gasteiger partial charge in [0.15, 0.2) is 0 Å². The molecule has 98 valence electrons. The number of hydrogen-bond acceptors (Lipinski definition) is 1. The molecule has 0 radical (unpaired) electrons. The summed E-state index contributed by atoms with van der Waals surface area (Å²) in [5.74, 6) is -0.862. The lowest BCUT2D eigenvalue weighted by Crippen LogP contribution is -1.98. The van der Waals surface area contributed by atoms with Gasteiger partial charge in [0.1, 0.15) is 0 Å². The summed E-state index contributed by atoms with van der Waals surface area (Å²) >= 11 is 0. The number of hydrogen-bond donors (Lipinski definition) is 1. The Morgan fingerprint density at radius 2 is 1.61 bits per heavy atom. The average Bonchev–Trinajstić information content (AvgIpc) is 2.38. The molecule has 1 aromatic carbocycles. The van der Waals surface area contributed by atoms with Crippen molar-refractivity contribution in [2.45, 2.75) is 44.9 Å². The van der Waals surface area contributed by atoms with Crippen LogP contribution in [0.2, 0.25) is 0 Å². The van der Waals surface area contributed by atoms with Crippen LogP contribution >= 0.6 is 0 Å². The van der Waals surface area contributed by atoms with Crippen molar-refractivity contribution in [2.75, 3.05) is 0 Å². The Balaban J connectivity index is 1.96. The molecule has 2 nitrogen and oxygen atoms in total. The van der Waals surface area contributed by atoms with Crippen LogP contribution in [0.4, 0.5) is 0 Å². The van der Waals surface area contributed by atoms with E-state index in [-0.39, 0.29) is 0 Å². The molecule has 0 atom stereocenters. The van der Waals surface area contributed by atoms with Crippen LogP contribution in [0.3, 0.4) is 0 Å². The third-order valence-corrected chi connectivity index (χ3v) is 3.09. The van der Waals surface area contributed by atoms with E-state index in [9.17, 15) is 4.79 Å². The first-order valence-corrected chi connectivity index (χ1v) is 6.65. The molecule has 0 aliphatic carbocycles. The molecule has 0 fully saturated rings. The average molecular weight is 246 g/mol. The van der Waals surface area contributed by atoms with E-state index in [0.29, 0.717) is 12.0 Å². The molecule has 0 aromatic heterocycles. The van der Waals surface area contributed by atoms with E-state index in [1.54, 1.807) is 0 Å². The maximum absolute atomic E-state index is 10.5. The summed E-state index contributed by atoms with van der Waals surface area (Å²) in [5.41, 5.74) is 1.73. The molecular weight excluding hydrogens is 224 g/mol. The van der Waals surface area contributed by atoms with E-state index >= 15 is 0 Å². The summed E-state index contributed by atoms with van der Waals surface area (Å²) in [6, 6.07) is 10.5. The topological polar surface area (TPSA) is 37.3 Å². The van der Waals surface area contributed by atoms with E-state index in [1.807, 2.05) is 6.07 Å². The van der Waals surface area contributed by atoms with Gasteiger partial charge in [0.05, 0.1) is 0 Å².